The molecule has 96 valence electrons. The number of aromatic nitrogens is 4. The van der Waals surface area contributed by atoms with Crippen molar-refractivity contribution in [1.29, 1.82) is 0 Å². The summed E-state index contributed by atoms with van der Waals surface area (Å²) in [5.41, 5.74) is 2.11. The van der Waals surface area contributed by atoms with Crippen molar-refractivity contribution in [3.05, 3.63) is 24.3 Å². The van der Waals surface area contributed by atoms with E-state index in [4.69, 9.17) is 0 Å². The molecule has 5 nitrogen and oxygen atoms in total. The fraction of sp³-hybridized carbons (Fsp3) is 0.538. The molecule has 0 spiro atoms. The molecule has 1 saturated carbocycles. The molecule has 2 aromatic heterocycles. The summed E-state index contributed by atoms with van der Waals surface area (Å²) in [6.07, 6.45) is 11.0. The van der Waals surface area contributed by atoms with Gasteiger partial charge in [-0.2, -0.15) is 5.10 Å². The molecule has 2 heterocycles. The van der Waals surface area contributed by atoms with Gasteiger partial charge in [0.05, 0.1) is 11.4 Å². The molecule has 0 unspecified atom stereocenters. The Kier molecular flexibility index (Phi) is 2.81. The second-order valence-corrected chi connectivity index (χ2v) is 5.02. The molecule has 1 fully saturated rings. The normalized spacial score (nSPS) is 16.3. The minimum Gasteiger partial charge on any atom is -0.353 e. The first-order valence-electron chi connectivity index (χ1n) is 6.54. The summed E-state index contributed by atoms with van der Waals surface area (Å²) in [6, 6.07) is 0.572. The number of aryl methyl sites for hydroxylation is 2. The summed E-state index contributed by atoms with van der Waals surface area (Å²) in [6.45, 7) is 2.02. The van der Waals surface area contributed by atoms with Crippen LogP contribution in [0.2, 0.25) is 0 Å². The maximum absolute atomic E-state index is 4.42. The first-order valence-corrected chi connectivity index (χ1v) is 6.54. The number of hydrogen-bond donors (Lipinski definition) is 1. The van der Waals surface area contributed by atoms with Crippen molar-refractivity contribution in [2.24, 2.45) is 7.05 Å². The molecular formula is C13H19N5. The number of nitrogens with one attached hydrogen (secondary N) is 1. The predicted octanol–water partition coefficient (Wildman–Crippen LogP) is 2.27. The van der Waals surface area contributed by atoms with Crippen LogP contribution in [0.5, 0.6) is 0 Å². The van der Waals surface area contributed by atoms with Crippen LogP contribution in [0.25, 0.3) is 5.69 Å². The zero-order valence-electron chi connectivity index (χ0n) is 10.9. The van der Waals surface area contributed by atoms with E-state index in [-0.39, 0.29) is 0 Å². The highest BCUT2D eigenvalue weighted by Gasteiger charge is 2.17. The van der Waals surface area contributed by atoms with Gasteiger partial charge >= 0.3 is 0 Å². The van der Waals surface area contributed by atoms with E-state index in [1.165, 1.54) is 25.7 Å². The Hall–Kier alpha value is -1.78. The molecule has 0 amide bonds. The molecule has 3 rings (SSSR count). The fourth-order valence-electron chi connectivity index (χ4n) is 2.68. The molecule has 0 aliphatic heterocycles. The van der Waals surface area contributed by atoms with Gasteiger partial charge < -0.3 is 5.32 Å². The Bertz CT molecular complexity index is 533. The maximum atomic E-state index is 4.42. The lowest BCUT2D eigenvalue weighted by molar-refractivity contribution is 0.740. The molecule has 5 heteroatoms. The molecular weight excluding hydrogens is 226 g/mol. The zero-order valence-corrected chi connectivity index (χ0v) is 10.9. The third-order valence-electron chi connectivity index (χ3n) is 3.58. The van der Waals surface area contributed by atoms with Crippen molar-refractivity contribution >= 4 is 5.95 Å². The molecule has 0 atom stereocenters. The van der Waals surface area contributed by atoms with Crippen molar-refractivity contribution in [1.82, 2.24) is 19.3 Å². The lowest BCUT2D eigenvalue weighted by Crippen LogP contribution is -2.17. The number of hydrogen-bond acceptors (Lipinski definition) is 3. The lowest BCUT2D eigenvalue weighted by atomic mass is 10.2. The Labute approximate surface area is 107 Å². The average Bonchev–Trinajstić information content (AvgIpc) is 3.02. The van der Waals surface area contributed by atoms with Crippen LogP contribution in [0.15, 0.2) is 18.6 Å². The topological polar surface area (TPSA) is 47.7 Å². The molecule has 2 aromatic rings. The summed E-state index contributed by atoms with van der Waals surface area (Å²) in [5.74, 6) is 0.929. The van der Waals surface area contributed by atoms with Crippen molar-refractivity contribution < 1.29 is 0 Å². The van der Waals surface area contributed by atoms with E-state index in [9.17, 15) is 0 Å². The SMILES string of the molecule is Cc1nn(C)cc1-n1ccnc1NC1CCCC1. The summed E-state index contributed by atoms with van der Waals surface area (Å²) >= 11 is 0. The van der Waals surface area contributed by atoms with Gasteiger partial charge in [-0.3, -0.25) is 9.25 Å². The van der Waals surface area contributed by atoms with Crippen molar-refractivity contribution in [2.75, 3.05) is 5.32 Å². The summed E-state index contributed by atoms with van der Waals surface area (Å²) in [4.78, 5) is 4.42. The van der Waals surface area contributed by atoms with Gasteiger partial charge in [0.2, 0.25) is 5.95 Å². The fourth-order valence-corrected chi connectivity index (χ4v) is 2.68. The number of nitrogens with zero attached hydrogens (tertiary/aromatic N) is 4. The first-order chi connectivity index (χ1) is 8.74. The summed E-state index contributed by atoms with van der Waals surface area (Å²) < 4.78 is 3.92. The molecule has 0 aromatic carbocycles. The highest BCUT2D eigenvalue weighted by Crippen LogP contribution is 2.23. The highest BCUT2D eigenvalue weighted by atomic mass is 15.3. The van der Waals surface area contributed by atoms with Crippen molar-refractivity contribution in [3.8, 4) is 5.69 Å². The molecule has 18 heavy (non-hydrogen) atoms. The lowest BCUT2D eigenvalue weighted by Gasteiger charge is -2.14. The smallest absolute Gasteiger partial charge is 0.207 e. The molecule has 1 aliphatic rings. The van der Waals surface area contributed by atoms with E-state index in [2.05, 4.69) is 20.0 Å². The van der Waals surface area contributed by atoms with E-state index in [1.807, 2.05) is 37.2 Å². The summed E-state index contributed by atoms with van der Waals surface area (Å²) in [5, 5.41) is 7.92. The van der Waals surface area contributed by atoms with Crippen LogP contribution in [0, 0.1) is 6.92 Å². The van der Waals surface area contributed by atoms with Crippen LogP contribution in [0.4, 0.5) is 5.95 Å². The largest absolute Gasteiger partial charge is 0.353 e. The third-order valence-corrected chi connectivity index (χ3v) is 3.58. The van der Waals surface area contributed by atoms with Crippen molar-refractivity contribution in [2.45, 2.75) is 38.6 Å². The van der Waals surface area contributed by atoms with Gasteiger partial charge in [0.15, 0.2) is 0 Å². The van der Waals surface area contributed by atoms with Gasteiger partial charge in [-0.1, -0.05) is 12.8 Å². The zero-order chi connectivity index (χ0) is 12.5. The second kappa shape index (κ2) is 4.48. The maximum Gasteiger partial charge on any atom is 0.207 e. The Morgan fingerprint density at radius 3 is 2.78 bits per heavy atom. The van der Waals surface area contributed by atoms with Gasteiger partial charge in [0.25, 0.3) is 0 Å². The van der Waals surface area contributed by atoms with E-state index in [1.54, 1.807) is 0 Å². The Morgan fingerprint density at radius 1 is 1.33 bits per heavy atom. The van der Waals surface area contributed by atoms with Crippen LogP contribution in [0.1, 0.15) is 31.4 Å². The summed E-state index contributed by atoms with van der Waals surface area (Å²) in [7, 11) is 1.94. The van der Waals surface area contributed by atoms with Gasteiger partial charge in [0.1, 0.15) is 0 Å². The Balaban J connectivity index is 1.88. The molecule has 0 saturated heterocycles. The van der Waals surface area contributed by atoms with Crippen molar-refractivity contribution in [3.63, 3.8) is 0 Å². The molecule has 0 radical (unpaired) electrons. The third kappa shape index (κ3) is 2.00. The minimum absolute atomic E-state index is 0.572. The van der Waals surface area contributed by atoms with Gasteiger partial charge in [0, 0.05) is 31.7 Å². The standard InChI is InChI=1S/C13H19N5/c1-10-12(9-17(2)16-10)18-8-7-14-13(18)15-11-5-3-4-6-11/h7-9,11H,3-6H2,1-2H3,(H,14,15). The van der Waals surface area contributed by atoms with Gasteiger partial charge in [-0.25, -0.2) is 4.98 Å². The van der Waals surface area contributed by atoms with E-state index >= 15 is 0 Å². The molecule has 1 N–H and O–H groups in total. The highest BCUT2D eigenvalue weighted by molar-refractivity contribution is 5.43. The Morgan fingerprint density at radius 2 is 2.11 bits per heavy atom. The average molecular weight is 245 g/mol. The second-order valence-electron chi connectivity index (χ2n) is 5.02. The van der Waals surface area contributed by atoms with Crippen LogP contribution < -0.4 is 5.32 Å². The molecule has 1 aliphatic carbocycles. The number of anilines is 1. The minimum atomic E-state index is 0.572. The van der Waals surface area contributed by atoms with Crippen LogP contribution >= 0.6 is 0 Å². The molecule has 0 bridgehead atoms. The monoisotopic (exact) mass is 245 g/mol. The van der Waals surface area contributed by atoms with Crippen LogP contribution in [-0.4, -0.2) is 25.4 Å². The van der Waals surface area contributed by atoms with Gasteiger partial charge in [-0.15, -0.1) is 0 Å². The first kappa shape index (κ1) is 11.3. The predicted molar refractivity (Wildman–Crippen MR) is 70.9 cm³/mol. The van der Waals surface area contributed by atoms with Gasteiger partial charge in [-0.05, 0) is 19.8 Å². The van der Waals surface area contributed by atoms with E-state index in [0.717, 1.165) is 17.3 Å². The van der Waals surface area contributed by atoms with E-state index < -0.39 is 0 Å². The van der Waals surface area contributed by atoms with Crippen LogP contribution in [-0.2, 0) is 7.05 Å². The number of imidazole rings is 1. The van der Waals surface area contributed by atoms with E-state index in [0.29, 0.717) is 6.04 Å². The quantitative estimate of drug-likeness (QED) is 0.902. The number of rotatable bonds is 3. The van der Waals surface area contributed by atoms with Crippen LogP contribution in [0.3, 0.4) is 0 Å².